The Morgan fingerprint density at radius 1 is 1.28 bits per heavy atom. The number of hydrogen-bond donors (Lipinski definition) is 3. The molecule has 1 heterocycles. The molecule has 0 aliphatic heterocycles. The van der Waals surface area contributed by atoms with Crippen LogP contribution in [0.4, 0.5) is 5.69 Å². The van der Waals surface area contributed by atoms with Gasteiger partial charge in [-0.25, -0.2) is 0 Å². The van der Waals surface area contributed by atoms with Crippen LogP contribution >= 0.6 is 23.6 Å². The summed E-state index contributed by atoms with van der Waals surface area (Å²) in [7, 11) is 0. The summed E-state index contributed by atoms with van der Waals surface area (Å²) in [4.78, 5) is 14.5. The lowest BCUT2D eigenvalue weighted by Crippen LogP contribution is -2.43. The van der Waals surface area contributed by atoms with Crippen molar-refractivity contribution in [2.45, 2.75) is 40.0 Å². The molecule has 1 atom stereocenters. The highest BCUT2D eigenvalue weighted by Crippen LogP contribution is 2.32. The summed E-state index contributed by atoms with van der Waals surface area (Å²) in [6.45, 7) is 6.35. The molecule has 0 saturated heterocycles. The van der Waals surface area contributed by atoms with Gasteiger partial charge in [-0.1, -0.05) is 19.1 Å². The minimum absolute atomic E-state index is 0.142. The summed E-state index contributed by atoms with van der Waals surface area (Å²) < 4.78 is 0. The number of anilines is 1. The number of thiophene rings is 1. The quantitative estimate of drug-likeness (QED) is 0.547. The zero-order valence-corrected chi connectivity index (χ0v) is 16.4. The smallest absolute Gasteiger partial charge is 0.279 e. The Balaban J connectivity index is 1.57. The predicted octanol–water partition coefficient (Wildman–Crippen LogP) is 4.12. The van der Waals surface area contributed by atoms with E-state index in [9.17, 15) is 4.79 Å². The van der Waals surface area contributed by atoms with Crippen LogP contribution in [-0.2, 0) is 12.8 Å². The first-order chi connectivity index (χ1) is 11.9. The van der Waals surface area contributed by atoms with Gasteiger partial charge in [-0.2, -0.15) is 0 Å². The molecule has 0 radical (unpaired) electrons. The number of hydrazine groups is 1. The maximum Gasteiger partial charge on any atom is 0.279 e. The lowest BCUT2D eigenvalue weighted by molar-refractivity contribution is 0.0948. The summed E-state index contributed by atoms with van der Waals surface area (Å²) in [6, 6.07) is 8.02. The standard InChI is InChI=1S/C19H23N3OS2/c1-11-7-8-16-14(9-11)10-17(25-16)18(23)21-22-19(24)20-15-6-4-5-12(2)13(15)3/h4-6,10-11H,7-9H2,1-3H3,(H,21,23)(H2,20,22,24)/t11-/m1/s1. The summed E-state index contributed by atoms with van der Waals surface area (Å²) in [5.41, 5.74) is 10.1. The fourth-order valence-corrected chi connectivity index (χ4v) is 4.30. The van der Waals surface area contributed by atoms with Crippen LogP contribution < -0.4 is 16.2 Å². The Morgan fingerprint density at radius 3 is 2.88 bits per heavy atom. The molecule has 1 aliphatic carbocycles. The number of carbonyl (C=O) groups is 1. The third-order valence-corrected chi connectivity index (χ3v) is 6.14. The topological polar surface area (TPSA) is 53.2 Å². The molecule has 1 aliphatic rings. The van der Waals surface area contributed by atoms with E-state index in [4.69, 9.17) is 12.2 Å². The van der Waals surface area contributed by atoms with E-state index in [-0.39, 0.29) is 5.91 Å². The van der Waals surface area contributed by atoms with Gasteiger partial charge < -0.3 is 5.32 Å². The van der Waals surface area contributed by atoms with Gasteiger partial charge in [0.15, 0.2) is 5.11 Å². The van der Waals surface area contributed by atoms with Crippen molar-refractivity contribution >= 4 is 40.3 Å². The highest BCUT2D eigenvalue weighted by atomic mass is 32.1. The lowest BCUT2D eigenvalue weighted by Gasteiger charge is -2.16. The van der Waals surface area contributed by atoms with E-state index in [0.717, 1.165) is 29.0 Å². The highest BCUT2D eigenvalue weighted by molar-refractivity contribution is 7.80. The van der Waals surface area contributed by atoms with Crippen molar-refractivity contribution in [3.63, 3.8) is 0 Å². The van der Waals surface area contributed by atoms with Crippen LogP contribution in [-0.4, -0.2) is 11.0 Å². The molecule has 132 valence electrons. The van der Waals surface area contributed by atoms with Crippen LogP contribution in [0.15, 0.2) is 24.3 Å². The second-order valence-electron chi connectivity index (χ2n) is 6.69. The van der Waals surface area contributed by atoms with Crippen molar-refractivity contribution in [1.82, 2.24) is 10.9 Å². The number of thiocarbonyl (C=S) groups is 1. The molecule has 1 aromatic carbocycles. The Bertz CT molecular complexity index is 813. The van der Waals surface area contributed by atoms with Crippen LogP contribution in [0.2, 0.25) is 0 Å². The first kappa shape index (κ1) is 17.9. The van der Waals surface area contributed by atoms with E-state index in [1.807, 2.05) is 25.1 Å². The number of nitrogens with one attached hydrogen (secondary N) is 3. The molecular weight excluding hydrogens is 350 g/mol. The number of fused-ring (bicyclic) bond motifs is 1. The van der Waals surface area contributed by atoms with Gasteiger partial charge >= 0.3 is 0 Å². The van der Waals surface area contributed by atoms with Gasteiger partial charge in [-0.3, -0.25) is 15.6 Å². The molecule has 4 nitrogen and oxygen atoms in total. The van der Waals surface area contributed by atoms with E-state index in [1.54, 1.807) is 11.3 Å². The Morgan fingerprint density at radius 2 is 2.08 bits per heavy atom. The summed E-state index contributed by atoms with van der Waals surface area (Å²) in [6.07, 6.45) is 3.35. The van der Waals surface area contributed by atoms with Crippen LogP contribution in [0.25, 0.3) is 0 Å². The first-order valence-electron chi connectivity index (χ1n) is 8.49. The van der Waals surface area contributed by atoms with E-state index < -0.39 is 0 Å². The van der Waals surface area contributed by atoms with Crippen molar-refractivity contribution < 1.29 is 4.79 Å². The first-order valence-corrected chi connectivity index (χ1v) is 9.71. The van der Waals surface area contributed by atoms with Crippen molar-refractivity contribution in [2.24, 2.45) is 5.92 Å². The van der Waals surface area contributed by atoms with Gasteiger partial charge in [-0.15, -0.1) is 11.3 Å². The number of benzene rings is 1. The van der Waals surface area contributed by atoms with E-state index in [0.29, 0.717) is 11.0 Å². The Hall–Kier alpha value is -1.92. The van der Waals surface area contributed by atoms with E-state index >= 15 is 0 Å². The third-order valence-electron chi connectivity index (χ3n) is 4.70. The van der Waals surface area contributed by atoms with Crippen LogP contribution in [0, 0.1) is 19.8 Å². The zero-order valence-electron chi connectivity index (χ0n) is 14.7. The molecule has 1 amide bonds. The van der Waals surface area contributed by atoms with Gasteiger partial charge in [0.2, 0.25) is 0 Å². The minimum Gasteiger partial charge on any atom is -0.331 e. The number of aryl methyl sites for hydroxylation is 2. The summed E-state index contributed by atoms with van der Waals surface area (Å²) in [5, 5.41) is 3.49. The molecule has 2 aromatic rings. The zero-order chi connectivity index (χ0) is 18.0. The Kier molecular flexibility index (Phi) is 5.39. The lowest BCUT2D eigenvalue weighted by atomic mass is 9.90. The van der Waals surface area contributed by atoms with Gasteiger partial charge in [0, 0.05) is 10.6 Å². The maximum absolute atomic E-state index is 12.4. The summed E-state index contributed by atoms with van der Waals surface area (Å²) in [5.74, 6) is 0.558. The average molecular weight is 374 g/mol. The molecule has 0 saturated carbocycles. The molecule has 0 bridgehead atoms. The Labute approximate surface area is 158 Å². The molecule has 0 fully saturated rings. The molecule has 6 heteroatoms. The van der Waals surface area contributed by atoms with Gasteiger partial charge in [-0.05, 0) is 80.1 Å². The molecule has 3 rings (SSSR count). The van der Waals surface area contributed by atoms with Crippen LogP contribution in [0.5, 0.6) is 0 Å². The largest absolute Gasteiger partial charge is 0.331 e. The average Bonchev–Trinajstić information content (AvgIpc) is 3.00. The second kappa shape index (κ2) is 7.54. The molecule has 1 aromatic heterocycles. The van der Waals surface area contributed by atoms with Gasteiger partial charge in [0.05, 0.1) is 4.88 Å². The van der Waals surface area contributed by atoms with E-state index in [1.165, 1.54) is 22.4 Å². The van der Waals surface area contributed by atoms with Crippen molar-refractivity contribution in [3.05, 3.63) is 50.7 Å². The van der Waals surface area contributed by atoms with Crippen molar-refractivity contribution in [1.29, 1.82) is 0 Å². The van der Waals surface area contributed by atoms with Gasteiger partial charge in [0.1, 0.15) is 0 Å². The number of rotatable bonds is 2. The number of carbonyl (C=O) groups excluding carboxylic acids is 1. The second-order valence-corrected chi connectivity index (χ2v) is 8.23. The highest BCUT2D eigenvalue weighted by Gasteiger charge is 2.20. The SMILES string of the molecule is Cc1cccc(NC(=S)NNC(=O)c2cc3c(s2)CC[C@@H](C)C3)c1C. The molecule has 25 heavy (non-hydrogen) atoms. The van der Waals surface area contributed by atoms with Crippen LogP contribution in [0.3, 0.4) is 0 Å². The third kappa shape index (κ3) is 4.19. The maximum atomic E-state index is 12.4. The number of amides is 1. The minimum atomic E-state index is -0.142. The normalized spacial score (nSPS) is 16.0. The number of hydrogen-bond acceptors (Lipinski definition) is 3. The molecule has 3 N–H and O–H groups in total. The van der Waals surface area contributed by atoms with E-state index in [2.05, 4.69) is 36.1 Å². The fraction of sp³-hybridized carbons (Fsp3) is 0.368. The van der Waals surface area contributed by atoms with Gasteiger partial charge in [0.25, 0.3) is 5.91 Å². The van der Waals surface area contributed by atoms with Crippen molar-refractivity contribution in [2.75, 3.05) is 5.32 Å². The monoisotopic (exact) mass is 373 g/mol. The summed E-state index contributed by atoms with van der Waals surface area (Å²) >= 11 is 6.87. The molecule has 0 unspecified atom stereocenters. The van der Waals surface area contributed by atoms with Crippen molar-refractivity contribution in [3.8, 4) is 0 Å². The molecule has 0 spiro atoms. The van der Waals surface area contributed by atoms with Crippen LogP contribution in [0.1, 0.15) is 44.6 Å². The fourth-order valence-electron chi connectivity index (χ4n) is 3.03. The predicted molar refractivity (Wildman–Crippen MR) is 108 cm³/mol. The molecular formula is C19H23N3OS2.